The fourth-order valence-corrected chi connectivity index (χ4v) is 3.11. The predicted octanol–water partition coefficient (Wildman–Crippen LogP) is 2.56. The van der Waals surface area contributed by atoms with E-state index in [0.717, 1.165) is 6.92 Å². The highest BCUT2D eigenvalue weighted by molar-refractivity contribution is 6.76. The number of esters is 2. The Bertz CT molecular complexity index is 694. The SMILES string of the molecule is CC(=O)O[C@H]1[C@@H]2OC(C)(C)OC[C@H]2OC(OC(=O)C(Cl)(Cl)Cl)[C@@H]1NC(=O)C(Cl)(Cl)Cl. The first-order valence-corrected chi connectivity index (χ1v) is 10.6. The quantitative estimate of drug-likeness (QED) is 0.421. The molecule has 1 N–H and O–H groups in total. The highest BCUT2D eigenvalue weighted by Gasteiger charge is 2.56. The van der Waals surface area contributed by atoms with Crippen molar-refractivity contribution in [3.05, 3.63) is 0 Å². The van der Waals surface area contributed by atoms with Gasteiger partial charge in [-0.05, 0) is 13.8 Å². The molecule has 2 aliphatic heterocycles. The summed E-state index contributed by atoms with van der Waals surface area (Å²) >= 11 is 33.5. The number of alkyl halides is 6. The number of hydrogen-bond donors (Lipinski definition) is 1. The second-order valence-electron chi connectivity index (χ2n) is 6.81. The summed E-state index contributed by atoms with van der Waals surface area (Å²) in [6.45, 7) is 4.35. The van der Waals surface area contributed by atoms with Gasteiger partial charge in [-0.25, -0.2) is 4.79 Å². The minimum absolute atomic E-state index is 0.0254. The highest BCUT2D eigenvalue weighted by atomic mass is 35.6. The zero-order chi connectivity index (χ0) is 23.1. The Morgan fingerprint density at radius 2 is 1.63 bits per heavy atom. The number of ether oxygens (including phenoxy) is 5. The van der Waals surface area contributed by atoms with Gasteiger partial charge in [0.1, 0.15) is 18.2 Å². The van der Waals surface area contributed by atoms with Crippen LogP contribution in [0, 0.1) is 0 Å². The number of fused-ring (bicyclic) bond motifs is 1. The molecule has 1 unspecified atom stereocenters. The van der Waals surface area contributed by atoms with Gasteiger partial charge in [0.25, 0.3) is 13.5 Å². The fraction of sp³-hybridized carbons (Fsp3) is 0.800. The smallest absolute Gasteiger partial charge is 0.360 e. The molecule has 0 aliphatic carbocycles. The molecule has 30 heavy (non-hydrogen) atoms. The molecule has 0 spiro atoms. The molecule has 0 aromatic rings. The molecular weight excluding hydrogens is 535 g/mol. The molecule has 0 radical (unpaired) electrons. The lowest BCUT2D eigenvalue weighted by Gasteiger charge is -2.50. The number of halogens is 6. The maximum absolute atomic E-state index is 12.3. The Labute approximate surface area is 201 Å². The van der Waals surface area contributed by atoms with Crippen LogP contribution in [0.2, 0.25) is 0 Å². The van der Waals surface area contributed by atoms with Crippen LogP contribution in [0.1, 0.15) is 20.8 Å². The Kier molecular flexibility index (Phi) is 8.31. The van der Waals surface area contributed by atoms with Crippen molar-refractivity contribution in [2.24, 2.45) is 0 Å². The van der Waals surface area contributed by atoms with E-state index in [2.05, 4.69) is 5.32 Å². The largest absolute Gasteiger partial charge is 0.457 e. The van der Waals surface area contributed by atoms with Crippen molar-refractivity contribution < 1.29 is 38.1 Å². The van der Waals surface area contributed by atoms with E-state index >= 15 is 0 Å². The average Bonchev–Trinajstić information content (AvgIpc) is 2.55. The molecule has 2 heterocycles. The summed E-state index contributed by atoms with van der Waals surface area (Å²) < 4.78 is 22.6. The summed E-state index contributed by atoms with van der Waals surface area (Å²) in [5.74, 6) is -4.23. The number of amides is 1. The molecule has 5 atom stereocenters. The van der Waals surface area contributed by atoms with Crippen LogP contribution < -0.4 is 5.32 Å². The Hall–Kier alpha value is 0.0300. The molecule has 2 fully saturated rings. The lowest BCUT2D eigenvalue weighted by Crippen LogP contribution is -2.70. The standard InChI is InChI=1S/C15H17Cl6NO8/c1-5(23)27-9-7(22-11(24)14(16,17)18)10(29-12(25)15(19,20)21)28-6-4-26-13(2,3)30-8(6)9/h6-10H,4H2,1-3H3,(H,22,24)/t6-,7-,8-,9-,10?/m1/s1. The van der Waals surface area contributed by atoms with Gasteiger partial charge in [0.05, 0.1) is 6.61 Å². The molecule has 172 valence electrons. The van der Waals surface area contributed by atoms with E-state index in [-0.39, 0.29) is 6.61 Å². The second kappa shape index (κ2) is 9.49. The summed E-state index contributed by atoms with van der Waals surface area (Å²) in [5, 5.41) is 2.32. The van der Waals surface area contributed by atoms with E-state index in [1.54, 1.807) is 13.8 Å². The van der Waals surface area contributed by atoms with E-state index in [9.17, 15) is 14.4 Å². The molecule has 0 saturated carbocycles. The zero-order valence-electron chi connectivity index (χ0n) is 15.6. The van der Waals surface area contributed by atoms with Crippen LogP contribution in [0.4, 0.5) is 0 Å². The van der Waals surface area contributed by atoms with Crippen molar-refractivity contribution in [1.82, 2.24) is 5.32 Å². The summed E-state index contributed by atoms with van der Waals surface area (Å²) in [6, 6.07) is -1.39. The summed E-state index contributed by atoms with van der Waals surface area (Å²) in [7, 11) is 0. The lowest BCUT2D eigenvalue weighted by atomic mass is 9.95. The predicted molar refractivity (Wildman–Crippen MR) is 108 cm³/mol. The van der Waals surface area contributed by atoms with Gasteiger partial charge < -0.3 is 29.0 Å². The Balaban J connectivity index is 2.42. The third-order valence-electron chi connectivity index (χ3n) is 3.97. The first-order valence-electron chi connectivity index (χ1n) is 8.31. The Morgan fingerprint density at radius 3 is 2.13 bits per heavy atom. The van der Waals surface area contributed by atoms with Crippen molar-refractivity contribution in [2.75, 3.05) is 6.61 Å². The first-order chi connectivity index (χ1) is 13.5. The molecule has 2 rings (SSSR count). The van der Waals surface area contributed by atoms with Crippen molar-refractivity contribution in [1.29, 1.82) is 0 Å². The minimum Gasteiger partial charge on any atom is -0.457 e. The first kappa shape index (κ1) is 26.3. The summed E-state index contributed by atoms with van der Waals surface area (Å²) in [6.07, 6.45) is -4.67. The van der Waals surface area contributed by atoms with E-state index in [0.29, 0.717) is 0 Å². The van der Waals surface area contributed by atoms with Gasteiger partial charge in [0.15, 0.2) is 11.9 Å². The van der Waals surface area contributed by atoms with Gasteiger partial charge >= 0.3 is 11.9 Å². The monoisotopic (exact) mass is 549 g/mol. The number of carbonyl (C=O) groups is 3. The molecule has 0 aromatic heterocycles. The van der Waals surface area contributed by atoms with Crippen LogP contribution in [0.5, 0.6) is 0 Å². The van der Waals surface area contributed by atoms with E-state index < -0.39 is 61.9 Å². The summed E-state index contributed by atoms with van der Waals surface area (Å²) in [4.78, 5) is 36.1. The third kappa shape index (κ3) is 6.76. The van der Waals surface area contributed by atoms with Gasteiger partial charge in [0, 0.05) is 6.92 Å². The molecule has 2 aliphatic rings. The molecule has 2 saturated heterocycles. The maximum Gasteiger partial charge on any atom is 0.360 e. The number of nitrogens with one attached hydrogen (secondary N) is 1. The molecule has 9 nitrogen and oxygen atoms in total. The average molecular weight is 552 g/mol. The van der Waals surface area contributed by atoms with Crippen LogP contribution >= 0.6 is 69.6 Å². The third-order valence-corrected chi connectivity index (χ3v) is 4.95. The normalized spacial score (nSPS) is 31.3. The number of hydrogen-bond acceptors (Lipinski definition) is 8. The lowest BCUT2D eigenvalue weighted by molar-refractivity contribution is -0.365. The van der Waals surface area contributed by atoms with Crippen molar-refractivity contribution >= 4 is 87.5 Å². The Morgan fingerprint density at radius 1 is 1.03 bits per heavy atom. The fourth-order valence-electron chi connectivity index (χ4n) is 2.82. The van der Waals surface area contributed by atoms with E-state index in [4.69, 9.17) is 93.3 Å². The molecule has 15 heteroatoms. The highest BCUT2D eigenvalue weighted by Crippen LogP contribution is 2.37. The van der Waals surface area contributed by atoms with Crippen molar-refractivity contribution in [2.45, 2.75) is 64.8 Å². The summed E-state index contributed by atoms with van der Waals surface area (Å²) in [5.41, 5.74) is 0. The zero-order valence-corrected chi connectivity index (χ0v) is 20.2. The van der Waals surface area contributed by atoms with E-state index in [1.165, 1.54) is 0 Å². The van der Waals surface area contributed by atoms with Crippen LogP contribution in [-0.2, 0) is 38.1 Å². The van der Waals surface area contributed by atoms with Crippen LogP contribution in [0.15, 0.2) is 0 Å². The molecular formula is C15H17Cl6NO8. The van der Waals surface area contributed by atoms with Gasteiger partial charge in [-0.1, -0.05) is 69.6 Å². The second-order valence-corrected chi connectivity index (χ2v) is 11.4. The van der Waals surface area contributed by atoms with Crippen molar-refractivity contribution in [3.63, 3.8) is 0 Å². The van der Waals surface area contributed by atoms with Crippen LogP contribution in [0.25, 0.3) is 0 Å². The molecule has 0 bridgehead atoms. The minimum atomic E-state index is -2.46. The molecule has 0 aromatic carbocycles. The van der Waals surface area contributed by atoms with Crippen LogP contribution in [0.3, 0.4) is 0 Å². The topological polar surface area (TPSA) is 109 Å². The van der Waals surface area contributed by atoms with Gasteiger partial charge in [0.2, 0.25) is 6.29 Å². The van der Waals surface area contributed by atoms with Gasteiger partial charge in [-0.3, -0.25) is 9.59 Å². The number of carbonyl (C=O) groups excluding carboxylic acids is 3. The molecule has 1 amide bonds. The van der Waals surface area contributed by atoms with Gasteiger partial charge in [-0.15, -0.1) is 0 Å². The van der Waals surface area contributed by atoms with E-state index in [1.807, 2.05) is 0 Å². The van der Waals surface area contributed by atoms with Crippen LogP contribution in [-0.4, -0.2) is 68.5 Å². The maximum atomic E-state index is 12.3. The van der Waals surface area contributed by atoms with Crippen molar-refractivity contribution in [3.8, 4) is 0 Å². The number of rotatable bonds is 3. The van der Waals surface area contributed by atoms with Gasteiger partial charge in [-0.2, -0.15) is 0 Å².